The summed E-state index contributed by atoms with van der Waals surface area (Å²) in [6, 6.07) is 0. The Labute approximate surface area is 123 Å². The highest BCUT2D eigenvalue weighted by Crippen LogP contribution is 2.61. The smallest absolute Gasteiger partial charge is 0.333 e. The Kier molecular flexibility index (Phi) is 3.68. The monoisotopic (exact) mass is 276 g/mol. The minimum Gasteiger partial charge on any atom is -0.455 e. The third-order valence-corrected chi connectivity index (χ3v) is 5.97. The van der Waals surface area contributed by atoms with Crippen LogP contribution in [-0.4, -0.2) is 11.6 Å². The van der Waals surface area contributed by atoms with Crippen molar-refractivity contribution >= 4 is 5.97 Å². The van der Waals surface area contributed by atoms with E-state index in [2.05, 4.69) is 13.5 Å². The Morgan fingerprint density at radius 1 is 1.25 bits per heavy atom. The average Bonchev–Trinajstić information content (AvgIpc) is 2.36. The van der Waals surface area contributed by atoms with Gasteiger partial charge in [0.1, 0.15) is 5.60 Å². The van der Waals surface area contributed by atoms with Gasteiger partial charge >= 0.3 is 5.97 Å². The third kappa shape index (κ3) is 2.31. The first-order valence-electron chi connectivity index (χ1n) is 8.43. The molecule has 3 atom stereocenters. The van der Waals surface area contributed by atoms with Gasteiger partial charge in [0.05, 0.1) is 0 Å². The molecule has 4 aliphatic carbocycles. The summed E-state index contributed by atoms with van der Waals surface area (Å²) in [4.78, 5) is 12.1. The van der Waals surface area contributed by atoms with Gasteiger partial charge in [-0.15, -0.1) is 0 Å². The van der Waals surface area contributed by atoms with Crippen LogP contribution in [0.25, 0.3) is 0 Å². The molecule has 0 aromatic heterocycles. The summed E-state index contributed by atoms with van der Waals surface area (Å²) in [5.74, 6) is 2.88. The van der Waals surface area contributed by atoms with Crippen LogP contribution in [0.2, 0.25) is 0 Å². The molecule has 20 heavy (non-hydrogen) atoms. The quantitative estimate of drug-likeness (QED) is 0.546. The molecule has 0 amide bonds. The van der Waals surface area contributed by atoms with Crippen molar-refractivity contribution in [2.24, 2.45) is 23.7 Å². The SMILES string of the molecule is C=C(C)C(=O)OC12CC3CC(CC(C3)C1CCCC)C2. The third-order valence-electron chi connectivity index (χ3n) is 5.97. The first-order valence-corrected chi connectivity index (χ1v) is 8.43. The summed E-state index contributed by atoms with van der Waals surface area (Å²) in [6.07, 6.45) is 10.1. The van der Waals surface area contributed by atoms with Crippen molar-refractivity contribution in [1.82, 2.24) is 0 Å². The van der Waals surface area contributed by atoms with E-state index >= 15 is 0 Å². The van der Waals surface area contributed by atoms with Gasteiger partial charge < -0.3 is 4.74 Å². The molecule has 0 saturated heterocycles. The molecule has 0 N–H and O–H groups in total. The van der Waals surface area contributed by atoms with Crippen molar-refractivity contribution in [3.8, 4) is 0 Å². The van der Waals surface area contributed by atoms with E-state index < -0.39 is 0 Å². The van der Waals surface area contributed by atoms with Gasteiger partial charge in [-0.2, -0.15) is 0 Å². The van der Waals surface area contributed by atoms with Gasteiger partial charge in [-0.3, -0.25) is 0 Å². The van der Waals surface area contributed by atoms with Crippen LogP contribution < -0.4 is 0 Å². The number of carbonyl (C=O) groups excluding carboxylic acids is 1. The molecule has 4 bridgehead atoms. The lowest BCUT2D eigenvalue weighted by molar-refractivity contribution is -0.206. The molecule has 3 unspecified atom stereocenters. The minimum absolute atomic E-state index is 0.139. The first kappa shape index (κ1) is 14.2. The lowest BCUT2D eigenvalue weighted by atomic mass is 9.49. The molecule has 0 radical (unpaired) electrons. The summed E-state index contributed by atoms with van der Waals surface area (Å²) in [7, 11) is 0. The molecule has 4 rings (SSSR count). The van der Waals surface area contributed by atoms with Crippen LogP contribution in [-0.2, 0) is 9.53 Å². The molecule has 0 spiro atoms. The Hall–Kier alpha value is -0.790. The predicted molar refractivity (Wildman–Crippen MR) is 80.2 cm³/mol. The van der Waals surface area contributed by atoms with Crippen LogP contribution in [0.3, 0.4) is 0 Å². The molecule has 2 nitrogen and oxygen atoms in total. The van der Waals surface area contributed by atoms with Gasteiger partial charge in [0.25, 0.3) is 0 Å². The summed E-state index contributed by atoms with van der Waals surface area (Å²) >= 11 is 0. The number of unbranched alkanes of at least 4 members (excludes halogenated alkanes) is 1. The van der Waals surface area contributed by atoms with Gasteiger partial charge in [0.2, 0.25) is 0 Å². The summed E-state index contributed by atoms with van der Waals surface area (Å²) in [5, 5.41) is 0. The number of carbonyl (C=O) groups is 1. The van der Waals surface area contributed by atoms with Gasteiger partial charge in [-0.25, -0.2) is 4.79 Å². The van der Waals surface area contributed by atoms with E-state index in [4.69, 9.17) is 4.74 Å². The fourth-order valence-corrected chi connectivity index (χ4v) is 5.42. The van der Waals surface area contributed by atoms with E-state index in [1.165, 1.54) is 38.5 Å². The normalized spacial score (nSPS) is 41.7. The maximum Gasteiger partial charge on any atom is 0.333 e. The topological polar surface area (TPSA) is 26.3 Å². The summed E-state index contributed by atoms with van der Waals surface area (Å²) in [5.41, 5.74) is 0.412. The molecule has 112 valence electrons. The average molecular weight is 276 g/mol. The Morgan fingerprint density at radius 3 is 2.45 bits per heavy atom. The van der Waals surface area contributed by atoms with E-state index in [1.807, 2.05) is 0 Å². The standard InChI is InChI=1S/C18H28O2/c1-4-5-6-16-15-8-13-7-14(9-15)11-18(16,10-13)20-17(19)12(2)3/h13-16H,2,4-11H2,1,3H3. The zero-order valence-corrected chi connectivity index (χ0v) is 13.0. The van der Waals surface area contributed by atoms with Crippen molar-refractivity contribution in [2.75, 3.05) is 0 Å². The van der Waals surface area contributed by atoms with Gasteiger partial charge in [0, 0.05) is 11.5 Å². The maximum atomic E-state index is 12.1. The zero-order chi connectivity index (χ0) is 14.3. The Bertz CT molecular complexity index is 398. The van der Waals surface area contributed by atoms with Crippen LogP contribution in [0.5, 0.6) is 0 Å². The highest BCUT2D eigenvalue weighted by molar-refractivity contribution is 5.87. The van der Waals surface area contributed by atoms with Crippen LogP contribution in [0.4, 0.5) is 0 Å². The van der Waals surface area contributed by atoms with Crippen molar-refractivity contribution in [1.29, 1.82) is 0 Å². The zero-order valence-electron chi connectivity index (χ0n) is 13.0. The molecular formula is C18H28O2. The lowest BCUT2D eigenvalue weighted by Crippen LogP contribution is -2.59. The fraction of sp³-hybridized carbons (Fsp3) is 0.833. The largest absolute Gasteiger partial charge is 0.455 e. The Balaban J connectivity index is 1.83. The van der Waals surface area contributed by atoms with Gasteiger partial charge in [-0.05, 0) is 63.2 Å². The van der Waals surface area contributed by atoms with Gasteiger partial charge in [0.15, 0.2) is 0 Å². The lowest BCUT2D eigenvalue weighted by Gasteiger charge is -2.60. The van der Waals surface area contributed by atoms with Crippen LogP contribution in [0.15, 0.2) is 12.2 Å². The number of hydrogen-bond acceptors (Lipinski definition) is 2. The summed E-state index contributed by atoms with van der Waals surface area (Å²) in [6.45, 7) is 7.79. The second-order valence-corrected chi connectivity index (χ2v) is 7.59. The molecule has 0 aromatic rings. The van der Waals surface area contributed by atoms with E-state index in [0.29, 0.717) is 11.5 Å². The first-order chi connectivity index (χ1) is 9.54. The number of hydrogen-bond donors (Lipinski definition) is 0. The van der Waals surface area contributed by atoms with Crippen LogP contribution >= 0.6 is 0 Å². The Morgan fingerprint density at radius 2 is 1.90 bits per heavy atom. The molecule has 4 fully saturated rings. The number of rotatable bonds is 5. The van der Waals surface area contributed by atoms with E-state index in [-0.39, 0.29) is 11.6 Å². The second-order valence-electron chi connectivity index (χ2n) is 7.59. The highest BCUT2D eigenvalue weighted by Gasteiger charge is 2.58. The number of esters is 1. The predicted octanol–water partition coefficient (Wildman–Crippen LogP) is 4.49. The minimum atomic E-state index is -0.159. The van der Waals surface area contributed by atoms with Crippen molar-refractivity contribution in [3.05, 3.63) is 12.2 Å². The fourth-order valence-electron chi connectivity index (χ4n) is 5.42. The summed E-state index contributed by atoms with van der Waals surface area (Å²) < 4.78 is 6.08. The molecule has 4 saturated carbocycles. The maximum absolute atomic E-state index is 12.1. The van der Waals surface area contributed by atoms with E-state index in [1.54, 1.807) is 6.92 Å². The van der Waals surface area contributed by atoms with Crippen LogP contribution in [0, 0.1) is 23.7 Å². The van der Waals surface area contributed by atoms with Crippen LogP contribution in [0.1, 0.15) is 65.2 Å². The molecule has 0 aromatic carbocycles. The van der Waals surface area contributed by atoms with Crippen molar-refractivity contribution in [3.63, 3.8) is 0 Å². The second kappa shape index (κ2) is 5.20. The highest BCUT2D eigenvalue weighted by atomic mass is 16.6. The van der Waals surface area contributed by atoms with Crippen molar-refractivity contribution < 1.29 is 9.53 Å². The van der Waals surface area contributed by atoms with E-state index in [9.17, 15) is 4.79 Å². The van der Waals surface area contributed by atoms with Crippen molar-refractivity contribution in [2.45, 2.75) is 70.8 Å². The molecule has 0 heterocycles. The van der Waals surface area contributed by atoms with E-state index in [0.717, 1.165) is 30.6 Å². The number of ether oxygens (including phenoxy) is 1. The molecule has 2 heteroatoms. The molecule has 0 aliphatic heterocycles. The molecule has 4 aliphatic rings. The van der Waals surface area contributed by atoms with Gasteiger partial charge in [-0.1, -0.05) is 26.3 Å². The molecular weight excluding hydrogens is 248 g/mol.